The first-order chi connectivity index (χ1) is 11.5. The topological polar surface area (TPSA) is 67.9 Å². The monoisotopic (exact) mass is 390 g/mol. The molecule has 24 heavy (non-hydrogen) atoms. The Labute approximate surface area is 147 Å². The Morgan fingerprint density at radius 2 is 1.79 bits per heavy atom. The van der Waals surface area contributed by atoms with Crippen LogP contribution < -0.4 is 19.7 Å². The highest BCUT2D eigenvalue weighted by Crippen LogP contribution is 2.37. The number of methoxy groups -OCH3 is 2. The maximum absolute atomic E-state index is 13.0. The van der Waals surface area contributed by atoms with Gasteiger partial charge in [0.25, 0.3) is 5.91 Å². The predicted octanol–water partition coefficient (Wildman–Crippen LogP) is 3.07. The van der Waals surface area contributed by atoms with Gasteiger partial charge in [-0.05, 0) is 40.2 Å². The molecule has 3 rings (SSSR count). The fraction of sp³-hybridized carbons (Fsp3) is 0.176. The summed E-state index contributed by atoms with van der Waals surface area (Å²) in [5.74, 6) is 0.416. The van der Waals surface area contributed by atoms with Crippen LogP contribution in [-0.4, -0.2) is 32.6 Å². The predicted molar refractivity (Wildman–Crippen MR) is 94.0 cm³/mol. The molecule has 2 aromatic carbocycles. The zero-order valence-electron chi connectivity index (χ0n) is 13.1. The third-order valence-electron chi connectivity index (χ3n) is 3.71. The maximum atomic E-state index is 13.0. The highest BCUT2D eigenvalue weighted by Gasteiger charge is 2.28. The van der Waals surface area contributed by atoms with Crippen LogP contribution in [-0.2, 0) is 4.79 Å². The molecule has 124 valence electrons. The number of ether oxygens (including phenoxy) is 2. The highest BCUT2D eigenvalue weighted by atomic mass is 79.9. The molecule has 1 heterocycles. The molecule has 0 radical (unpaired) electrons. The summed E-state index contributed by atoms with van der Waals surface area (Å²) in [4.78, 5) is 26.3. The van der Waals surface area contributed by atoms with Crippen LogP contribution in [0.5, 0.6) is 11.5 Å². The summed E-state index contributed by atoms with van der Waals surface area (Å²) in [6.45, 7) is -0.0451. The normalized spacial score (nSPS) is 13.1. The lowest BCUT2D eigenvalue weighted by Crippen LogP contribution is -2.42. The van der Waals surface area contributed by atoms with Gasteiger partial charge in [0.1, 0.15) is 22.5 Å². The van der Waals surface area contributed by atoms with Crippen molar-refractivity contribution in [1.82, 2.24) is 0 Å². The van der Waals surface area contributed by atoms with Crippen molar-refractivity contribution in [3.8, 4) is 11.5 Å². The van der Waals surface area contributed by atoms with Crippen LogP contribution in [0, 0.1) is 0 Å². The van der Waals surface area contributed by atoms with Crippen molar-refractivity contribution in [3.63, 3.8) is 0 Å². The molecule has 0 aromatic heterocycles. The molecule has 6 nitrogen and oxygen atoms in total. The van der Waals surface area contributed by atoms with Gasteiger partial charge in [0, 0.05) is 5.56 Å². The second-order valence-electron chi connectivity index (χ2n) is 5.15. The summed E-state index contributed by atoms with van der Waals surface area (Å²) in [5.41, 5.74) is 1.64. The molecule has 0 fully saturated rings. The zero-order valence-corrected chi connectivity index (χ0v) is 14.7. The number of fused-ring (bicyclic) bond motifs is 1. The van der Waals surface area contributed by atoms with Crippen molar-refractivity contribution < 1.29 is 19.1 Å². The summed E-state index contributed by atoms with van der Waals surface area (Å²) in [7, 11) is 3.02. The number of carbonyl (C=O) groups excluding carboxylic acids is 2. The average Bonchev–Trinajstić information content (AvgIpc) is 2.60. The number of nitrogens with zero attached hydrogens (tertiary/aromatic N) is 1. The Kier molecular flexibility index (Phi) is 4.44. The average molecular weight is 391 g/mol. The van der Waals surface area contributed by atoms with E-state index in [0.717, 1.165) is 0 Å². The summed E-state index contributed by atoms with van der Waals surface area (Å²) >= 11 is 3.38. The zero-order chi connectivity index (χ0) is 17.3. The molecular formula is C17H15BrN2O4. The Morgan fingerprint density at radius 1 is 1.17 bits per heavy atom. The molecule has 0 unspecified atom stereocenters. The Morgan fingerprint density at radius 3 is 2.42 bits per heavy atom. The molecule has 1 aliphatic rings. The van der Waals surface area contributed by atoms with Gasteiger partial charge in [-0.1, -0.05) is 12.1 Å². The van der Waals surface area contributed by atoms with E-state index >= 15 is 0 Å². The molecule has 1 N–H and O–H groups in total. The minimum atomic E-state index is -0.304. The van der Waals surface area contributed by atoms with Crippen LogP contribution in [0.15, 0.2) is 40.9 Å². The minimum Gasteiger partial charge on any atom is -0.495 e. The molecule has 0 saturated heterocycles. The van der Waals surface area contributed by atoms with Crippen molar-refractivity contribution >= 4 is 39.1 Å². The molecule has 7 heteroatoms. The van der Waals surface area contributed by atoms with Gasteiger partial charge in [-0.3, -0.25) is 14.5 Å². The van der Waals surface area contributed by atoms with Crippen LogP contribution in [0.4, 0.5) is 11.4 Å². The number of rotatable bonds is 3. The standard InChI is InChI=1S/C17H15BrN2O4/c1-23-13-7-10(8-14(24-2)16(13)18)17(22)20-9-15(21)19-11-5-3-4-6-12(11)20/h3-8H,9H2,1-2H3,(H,19,21). The van der Waals surface area contributed by atoms with Gasteiger partial charge in [0.15, 0.2) is 0 Å². The van der Waals surface area contributed by atoms with E-state index in [1.54, 1.807) is 30.3 Å². The van der Waals surface area contributed by atoms with Crippen molar-refractivity contribution in [3.05, 3.63) is 46.4 Å². The van der Waals surface area contributed by atoms with Crippen LogP contribution in [0.2, 0.25) is 0 Å². The summed E-state index contributed by atoms with van der Waals surface area (Å²) in [6.07, 6.45) is 0. The molecular weight excluding hydrogens is 376 g/mol. The van der Waals surface area contributed by atoms with E-state index < -0.39 is 0 Å². The van der Waals surface area contributed by atoms with Crippen LogP contribution in [0.3, 0.4) is 0 Å². The molecule has 2 aromatic rings. The molecule has 0 saturated carbocycles. The Bertz CT molecular complexity index is 797. The number of hydrogen-bond donors (Lipinski definition) is 1. The molecule has 0 spiro atoms. The van der Waals surface area contributed by atoms with E-state index in [1.165, 1.54) is 19.1 Å². The second kappa shape index (κ2) is 6.52. The van der Waals surface area contributed by atoms with Crippen LogP contribution in [0.25, 0.3) is 0 Å². The van der Waals surface area contributed by atoms with Gasteiger partial charge < -0.3 is 14.8 Å². The number of nitrogens with one attached hydrogen (secondary N) is 1. The number of carbonyl (C=O) groups is 2. The number of anilines is 2. The quantitative estimate of drug-likeness (QED) is 0.874. The molecule has 0 aliphatic carbocycles. The van der Waals surface area contributed by atoms with Crippen LogP contribution >= 0.6 is 15.9 Å². The molecule has 1 aliphatic heterocycles. The number of halogens is 1. The first-order valence-corrected chi connectivity index (χ1v) is 7.96. The number of benzene rings is 2. The lowest BCUT2D eigenvalue weighted by molar-refractivity contribution is -0.115. The van der Waals surface area contributed by atoms with E-state index in [1.807, 2.05) is 6.07 Å². The van der Waals surface area contributed by atoms with E-state index in [9.17, 15) is 9.59 Å². The van der Waals surface area contributed by atoms with Gasteiger partial charge in [-0.15, -0.1) is 0 Å². The van der Waals surface area contributed by atoms with E-state index in [2.05, 4.69) is 21.2 Å². The Balaban J connectivity index is 2.05. The fourth-order valence-electron chi connectivity index (χ4n) is 2.56. The second-order valence-corrected chi connectivity index (χ2v) is 5.94. The SMILES string of the molecule is COc1cc(C(=O)N2CC(=O)Nc3ccccc32)cc(OC)c1Br. The lowest BCUT2D eigenvalue weighted by atomic mass is 10.1. The van der Waals surface area contributed by atoms with Crippen molar-refractivity contribution in [2.45, 2.75) is 0 Å². The summed E-state index contributed by atoms with van der Waals surface area (Å²) in [5, 5.41) is 2.76. The molecule has 0 bridgehead atoms. The number of para-hydroxylation sites is 2. The number of hydrogen-bond acceptors (Lipinski definition) is 4. The first-order valence-electron chi connectivity index (χ1n) is 7.17. The van der Waals surface area contributed by atoms with Crippen molar-refractivity contribution in [2.24, 2.45) is 0 Å². The van der Waals surface area contributed by atoms with Gasteiger partial charge in [0.2, 0.25) is 5.91 Å². The van der Waals surface area contributed by atoms with Gasteiger partial charge >= 0.3 is 0 Å². The first kappa shape index (κ1) is 16.3. The number of amides is 2. The minimum absolute atomic E-state index is 0.0451. The third kappa shape index (κ3) is 2.82. The highest BCUT2D eigenvalue weighted by molar-refractivity contribution is 9.10. The largest absolute Gasteiger partial charge is 0.495 e. The lowest BCUT2D eigenvalue weighted by Gasteiger charge is -2.29. The Hall–Kier alpha value is -2.54. The maximum Gasteiger partial charge on any atom is 0.259 e. The van der Waals surface area contributed by atoms with Crippen LogP contribution in [0.1, 0.15) is 10.4 Å². The van der Waals surface area contributed by atoms with Crippen molar-refractivity contribution in [2.75, 3.05) is 31.0 Å². The van der Waals surface area contributed by atoms with Crippen molar-refractivity contribution in [1.29, 1.82) is 0 Å². The van der Waals surface area contributed by atoms with Gasteiger partial charge in [-0.25, -0.2) is 0 Å². The molecule has 2 amide bonds. The summed E-state index contributed by atoms with van der Waals surface area (Å²) in [6, 6.07) is 10.4. The van der Waals surface area contributed by atoms with Gasteiger partial charge in [-0.2, -0.15) is 0 Å². The van der Waals surface area contributed by atoms with E-state index in [-0.39, 0.29) is 18.4 Å². The smallest absolute Gasteiger partial charge is 0.259 e. The van der Waals surface area contributed by atoms with Gasteiger partial charge in [0.05, 0.1) is 25.6 Å². The third-order valence-corrected chi connectivity index (χ3v) is 4.49. The van der Waals surface area contributed by atoms with E-state index in [4.69, 9.17) is 9.47 Å². The van der Waals surface area contributed by atoms with E-state index in [0.29, 0.717) is 32.9 Å². The molecule has 0 atom stereocenters. The summed E-state index contributed by atoms with van der Waals surface area (Å²) < 4.78 is 11.2. The fourth-order valence-corrected chi connectivity index (χ4v) is 3.12.